The predicted molar refractivity (Wildman–Crippen MR) is 113 cm³/mol. The van der Waals surface area contributed by atoms with E-state index in [-0.39, 0.29) is 17.6 Å². The van der Waals surface area contributed by atoms with Gasteiger partial charge in [0.15, 0.2) is 10.8 Å². The fourth-order valence-corrected chi connectivity index (χ4v) is 2.98. The first-order valence-corrected chi connectivity index (χ1v) is 9.60. The number of rotatable bonds is 8. The normalized spacial score (nSPS) is 12.0. The van der Waals surface area contributed by atoms with Crippen LogP contribution < -0.4 is 15.4 Å². The van der Waals surface area contributed by atoms with Gasteiger partial charge in [0, 0.05) is 26.5 Å². The Morgan fingerprint density at radius 2 is 1.90 bits per heavy atom. The molecular formula is C18H20Cl2N6O4. The van der Waals surface area contributed by atoms with Crippen LogP contribution in [0.5, 0.6) is 5.88 Å². The summed E-state index contributed by atoms with van der Waals surface area (Å²) >= 11 is 12.0. The second-order valence-electron chi connectivity index (χ2n) is 6.10. The number of nitrogens with one attached hydrogen (secondary N) is 2. The molecule has 0 spiro atoms. The van der Waals surface area contributed by atoms with Crippen molar-refractivity contribution in [2.45, 2.75) is 13.0 Å². The van der Waals surface area contributed by atoms with Crippen molar-refractivity contribution in [3.05, 3.63) is 40.4 Å². The Bertz CT molecular complexity index is 1040. The summed E-state index contributed by atoms with van der Waals surface area (Å²) in [6.07, 6.45) is 2.52. The molecule has 0 aliphatic heterocycles. The lowest BCUT2D eigenvalue weighted by atomic mass is 10.2. The number of nitrogens with zero attached hydrogens (tertiary/aromatic N) is 4. The molecule has 160 valence electrons. The Morgan fingerprint density at radius 1 is 1.13 bits per heavy atom. The first-order chi connectivity index (χ1) is 14.4. The first kappa shape index (κ1) is 22.0. The molecular weight excluding hydrogens is 435 g/mol. The van der Waals surface area contributed by atoms with Gasteiger partial charge in [0.05, 0.1) is 35.3 Å². The minimum absolute atomic E-state index is 0.213. The number of fused-ring (bicyclic) bond motifs is 1. The molecule has 0 aliphatic carbocycles. The zero-order valence-corrected chi connectivity index (χ0v) is 18.0. The number of ether oxygens (including phenoxy) is 3. The zero-order chi connectivity index (χ0) is 21.7. The highest BCUT2D eigenvalue weighted by atomic mass is 35.5. The number of halogens is 2. The fourth-order valence-electron chi connectivity index (χ4n) is 2.65. The molecule has 3 aromatic heterocycles. The topological polar surface area (TPSA) is 112 Å². The molecule has 2 amide bonds. The third-order valence-electron chi connectivity index (χ3n) is 4.07. The van der Waals surface area contributed by atoms with E-state index in [4.69, 9.17) is 37.4 Å². The molecule has 0 aromatic carbocycles. The number of amides is 2. The van der Waals surface area contributed by atoms with Gasteiger partial charge in [-0.05, 0) is 13.0 Å². The molecule has 0 aliphatic rings. The van der Waals surface area contributed by atoms with Crippen molar-refractivity contribution in [3.63, 3.8) is 0 Å². The van der Waals surface area contributed by atoms with Crippen LogP contribution in [0.4, 0.5) is 16.2 Å². The molecule has 1 atom stereocenters. The van der Waals surface area contributed by atoms with E-state index < -0.39 is 12.1 Å². The third-order valence-corrected chi connectivity index (χ3v) is 4.46. The van der Waals surface area contributed by atoms with Crippen molar-refractivity contribution in [3.8, 4) is 5.88 Å². The highest BCUT2D eigenvalue weighted by Gasteiger charge is 2.19. The number of urea groups is 1. The van der Waals surface area contributed by atoms with Crippen LogP contribution in [0, 0.1) is 0 Å². The molecule has 3 aromatic rings. The number of pyridine rings is 1. The van der Waals surface area contributed by atoms with E-state index in [1.54, 1.807) is 20.3 Å². The maximum Gasteiger partial charge on any atom is 0.323 e. The minimum Gasteiger partial charge on any atom is -0.474 e. The van der Waals surface area contributed by atoms with Crippen LogP contribution in [-0.4, -0.2) is 53.0 Å². The average molecular weight is 455 g/mol. The highest BCUT2D eigenvalue weighted by Crippen LogP contribution is 2.28. The molecule has 0 radical (unpaired) electrons. The molecule has 0 bridgehead atoms. The summed E-state index contributed by atoms with van der Waals surface area (Å²) in [4.78, 5) is 21.0. The molecule has 0 saturated heterocycles. The van der Waals surface area contributed by atoms with Crippen LogP contribution in [0.25, 0.3) is 5.65 Å². The smallest absolute Gasteiger partial charge is 0.323 e. The summed E-state index contributed by atoms with van der Waals surface area (Å²) in [5.74, 6) is 0.213. The van der Waals surface area contributed by atoms with E-state index in [1.807, 2.05) is 6.92 Å². The van der Waals surface area contributed by atoms with Crippen molar-refractivity contribution >= 4 is 46.3 Å². The van der Waals surface area contributed by atoms with Gasteiger partial charge in [0.2, 0.25) is 5.88 Å². The van der Waals surface area contributed by atoms with Crippen LogP contribution in [0.3, 0.4) is 0 Å². The molecule has 0 saturated carbocycles. The van der Waals surface area contributed by atoms with E-state index >= 15 is 0 Å². The Balaban J connectivity index is 1.85. The number of carbonyl (C=O) groups excluding carboxylic acids is 1. The van der Waals surface area contributed by atoms with Gasteiger partial charge < -0.3 is 24.8 Å². The standard InChI is InChI=1S/C18H20Cl2N6O4/c1-10(29-3)16-13(9-21-15-7-14(20)25-26(15)16)24-18(27)23-12-6-11(19)8-22-17(12)30-5-4-28-2/h6-10H,4-5H2,1-3H3,(H2,23,24,27)/t10-/m0/s1. The molecule has 3 heterocycles. The van der Waals surface area contributed by atoms with Gasteiger partial charge in [-0.25, -0.2) is 19.3 Å². The predicted octanol–water partition coefficient (Wildman–Crippen LogP) is 3.81. The highest BCUT2D eigenvalue weighted by molar-refractivity contribution is 6.31. The van der Waals surface area contributed by atoms with E-state index in [9.17, 15) is 4.79 Å². The number of carbonyl (C=O) groups is 1. The minimum atomic E-state index is -0.556. The van der Waals surface area contributed by atoms with Gasteiger partial charge in [0.25, 0.3) is 0 Å². The number of aromatic nitrogens is 4. The van der Waals surface area contributed by atoms with E-state index in [0.29, 0.717) is 34.3 Å². The van der Waals surface area contributed by atoms with Crippen LogP contribution >= 0.6 is 23.2 Å². The van der Waals surface area contributed by atoms with Gasteiger partial charge in [-0.1, -0.05) is 23.2 Å². The zero-order valence-electron chi connectivity index (χ0n) is 16.5. The molecule has 12 heteroatoms. The van der Waals surface area contributed by atoms with Gasteiger partial charge >= 0.3 is 6.03 Å². The summed E-state index contributed by atoms with van der Waals surface area (Å²) in [5, 5.41) is 10.2. The Morgan fingerprint density at radius 3 is 2.63 bits per heavy atom. The lowest BCUT2D eigenvalue weighted by Crippen LogP contribution is -2.23. The number of anilines is 2. The van der Waals surface area contributed by atoms with Crippen molar-refractivity contribution in [1.29, 1.82) is 0 Å². The second kappa shape index (κ2) is 9.90. The van der Waals surface area contributed by atoms with Crippen molar-refractivity contribution in [2.24, 2.45) is 0 Å². The largest absolute Gasteiger partial charge is 0.474 e. The lowest BCUT2D eigenvalue weighted by molar-refractivity contribution is 0.114. The van der Waals surface area contributed by atoms with Crippen molar-refractivity contribution in [1.82, 2.24) is 19.6 Å². The summed E-state index contributed by atoms with van der Waals surface area (Å²) in [5.41, 5.74) is 1.79. The quantitative estimate of drug-likeness (QED) is 0.497. The number of methoxy groups -OCH3 is 2. The van der Waals surface area contributed by atoms with Gasteiger partial charge in [-0.15, -0.1) is 0 Å². The van der Waals surface area contributed by atoms with E-state index in [0.717, 1.165) is 0 Å². The average Bonchev–Trinajstić information content (AvgIpc) is 3.09. The summed E-state index contributed by atoms with van der Waals surface area (Å²) in [6.45, 7) is 2.44. The van der Waals surface area contributed by atoms with Crippen LogP contribution in [0.1, 0.15) is 18.7 Å². The van der Waals surface area contributed by atoms with Gasteiger partial charge in [0.1, 0.15) is 12.3 Å². The first-order valence-electron chi connectivity index (χ1n) is 8.85. The molecule has 0 unspecified atom stereocenters. The van der Waals surface area contributed by atoms with Crippen LogP contribution in [0.15, 0.2) is 24.5 Å². The molecule has 0 fully saturated rings. The summed E-state index contributed by atoms with van der Waals surface area (Å²) in [6, 6.07) is 2.59. The van der Waals surface area contributed by atoms with Crippen LogP contribution in [-0.2, 0) is 9.47 Å². The molecule has 10 nitrogen and oxygen atoms in total. The maximum absolute atomic E-state index is 12.7. The SMILES string of the molecule is COCCOc1ncc(Cl)cc1NC(=O)Nc1cnc2cc(Cl)nn2c1[C@H](C)OC. The van der Waals surface area contributed by atoms with Gasteiger partial charge in [-0.3, -0.25) is 0 Å². The van der Waals surface area contributed by atoms with Crippen LogP contribution in [0.2, 0.25) is 10.2 Å². The number of hydrogen-bond donors (Lipinski definition) is 2. The molecule has 2 N–H and O–H groups in total. The Kier molecular flexibility index (Phi) is 7.27. The summed E-state index contributed by atoms with van der Waals surface area (Å²) in [7, 11) is 3.11. The van der Waals surface area contributed by atoms with Crippen molar-refractivity contribution < 1.29 is 19.0 Å². The second-order valence-corrected chi connectivity index (χ2v) is 6.92. The Labute approximate surface area is 182 Å². The van der Waals surface area contributed by atoms with Gasteiger partial charge in [-0.2, -0.15) is 5.10 Å². The lowest BCUT2D eigenvalue weighted by Gasteiger charge is -2.17. The van der Waals surface area contributed by atoms with Crippen molar-refractivity contribution in [2.75, 3.05) is 38.1 Å². The molecule has 3 rings (SSSR count). The monoisotopic (exact) mass is 454 g/mol. The summed E-state index contributed by atoms with van der Waals surface area (Å²) < 4.78 is 17.4. The van der Waals surface area contributed by atoms with E-state index in [2.05, 4.69) is 25.7 Å². The molecule has 30 heavy (non-hydrogen) atoms. The third kappa shape index (κ3) is 5.08. The maximum atomic E-state index is 12.7. The fraction of sp³-hybridized carbons (Fsp3) is 0.333. The number of hydrogen-bond acceptors (Lipinski definition) is 7. The Hall–Kier alpha value is -2.66. The van der Waals surface area contributed by atoms with E-state index in [1.165, 1.54) is 23.0 Å².